The van der Waals surface area contributed by atoms with E-state index in [0.717, 1.165) is 51.9 Å². The monoisotopic (exact) mass is 448 g/mol. The summed E-state index contributed by atoms with van der Waals surface area (Å²) in [6.45, 7) is 9.62. The predicted octanol–water partition coefficient (Wildman–Crippen LogP) is 6.70. The molecule has 1 aliphatic heterocycles. The summed E-state index contributed by atoms with van der Waals surface area (Å²) in [5.74, 6) is 1.52. The number of ether oxygens (including phenoxy) is 1. The van der Waals surface area contributed by atoms with E-state index in [1.54, 1.807) is 11.3 Å². The van der Waals surface area contributed by atoms with Crippen molar-refractivity contribution in [3.63, 3.8) is 0 Å². The molecule has 4 nitrogen and oxygen atoms in total. The molecule has 5 heteroatoms. The lowest BCUT2D eigenvalue weighted by Gasteiger charge is -2.36. The zero-order valence-corrected chi connectivity index (χ0v) is 20.2. The van der Waals surface area contributed by atoms with Crippen molar-refractivity contribution in [2.75, 3.05) is 11.9 Å². The predicted molar refractivity (Wildman–Crippen MR) is 133 cm³/mol. The van der Waals surface area contributed by atoms with Gasteiger partial charge in [0.1, 0.15) is 16.9 Å². The summed E-state index contributed by atoms with van der Waals surface area (Å²) < 4.78 is 5.98. The number of nitrogens with one attached hydrogen (secondary N) is 2. The Kier molecular flexibility index (Phi) is 5.40. The number of carbonyl (C=O) groups excluding carboxylic acids is 1. The molecule has 5 rings (SSSR count). The molecule has 2 aliphatic rings. The van der Waals surface area contributed by atoms with E-state index in [-0.39, 0.29) is 12.1 Å². The molecule has 2 heterocycles. The van der Waals surface area contributed by atoms with Gasteiger partial charge in [-0.3, -0.25) is 4.79 Å². The molecule has 1 amide bonds. The van der Waals surface area contributed by atoms with Crippen LogP contribution in [0.3, 0.4) is 0 Å². The summed E-state index contributed by atoms with van der Waals surface area (Å²) in [6, 6.07) is 12.4. The third kappa shape index (κ3) is 3.47. The fourth-order valence-electron chi connectivity index (χ4n) is 5.25. The number of benzene rings is 2. The van der Waals surface area contributed by atoms with Crippen LogP contribution in [0.1, 0.15) is 73.1 Å². The number of hydrogen-bond donors (Lipinski definition) is 2. The largest absolute Gasteiger partial charge is 0.493 e. The number of hydrogen-bond acceptors (Lipinski definition) is 4. The maximum absolute atomic E-state index is 13.4. The standard InChI is InChI=1S/C27H32N2O2S/c1-5-27(3,4)17-12-13-19-21(15-17)32-26-23(19)25(30)28-24(29-26)22-18-10-8-7-9-16(18)11-14-20(22)31-6-2/h7-11,14,17,24,29H,5-6,12-13,15H2,1-4H3,(H,28,30)/t17-,24-/m1/s1. The van der Waals surface area contributed by atoms with E-state index < -0.39 is 0 Å². The van der Waals surface area contributed by atoms with Crippen LogP contribution in [0.15, 0.2) is 36.4 Å². The van der Waals surface area contributed by atoms with Gasteiger partial charge >= 0.3 is 0 Å². The fraction of sp³-hybridized carbons (Fsp3) is 0.444. The maximum atomic E-state index is 13.4. The molecule has 0 fully saturated rings. The molecule has 2 atom stereocenters. The Labute approximate surface area is 194 Å². The second-order valence-corrected chi connectivity index (χ2v) is 10.8. The topological polar surface area (TPSA) is 50.4 Å². The number of anilines is 1. The van der Waals surface area contributed by atoms with Gasteiger partial charge in [0.2, 0.25) is 0 Å². The van der Waals surface area contributed by atoms with Crippen LogP contribution in [0.2, 0.25) is 0 Å². The van der Waals surface area contributed by atoms with E-state index in [1.165, 1.54) is 16.9 Å². The second kappa shape index (κ2) is 8.11. The third-order valence-corrected chi connectivity index (χ3v) is 8.76. The zero-order chi connectivity index (χ0) is 22.5. The van der Waals surface area contributed by atoms with Crippen LogP contribution in [-0.4, -0.2) is 12.5 Å². The molecular formula is C27H32N2O2S. The van der Waals surface area contributed by atoms with E-state index in [1.807, 2.05) is 25.1 Å². The number of amides is 1. The molecule has 0 saturated heterocycles. The highest BCUT2D eigenvalue weighted by Gasteiger charge is 2.38. The molecule has 32 heavy (non-hydrogen) atoms. The molecule has 168 valence electrons. The molecule has 1 aliphatic carbocycles. The van der Waals surface area contributed by atoms with Crippen molar-refractivity contribution in [1.82, 2.24) is 5.32 Å². The molecule has 2 aromatic carbocycles. The third-order valence-electron chi connectivity index (χ3n) is 7.58. The van der Waals surface area contributed by atoms with Crippen molar-refractivity contribution in [2.45, 2.75) is 59.5 Å². The zero-order valence-electron chi connectivity index (χ0n) is 19.4. The minimum Gasteiger partial charge on any atom is -0.493 e. The fourth-order valence-corrected chi connectivity index (χ4v) is 6.61. The highest BCUT2D eigenvalue weighted by molar-refractivity contribution is 7.16. The normalized spacial score (nSPS) is 20.3. The lowest BCUT2D eigenvalue weighted by atomic mass is 9.69. The number of fused-ring (bicyclic) bond motifs is 4. The summed E-state index contributed by atoms with van der Waals surface area (Å²) in [4.78, 5) is 14.7. The Bertz CT molecular complexity index is 1180. The van der Waals surface area contributed by atoms with Gasteiger partial charge in [-0.25, -0.2) is 0 Å². The average molecular weight is 449 g/mol. The van der Waals surface area contributed by atoms with Crippen molar-refractivity contribution in [3.05, 3.63) is 58.0 Å². The smallest absolute Gasteiger partial charge is 0.256 e. The lowest BCUT2D eigenvalue weighted by Crippen LogP contribution is -2.38. The van der Waals surface area contributed by atoms with Gasteiger partial charge in [-0.15, -0.1) is 11.3 Å². The van der Waals surface area contributed by atoms with Gasteiger partial charge in [0.25, 0.3) is 5.91 Å². The molecule has 0 saturated carbocycles. The second-order valence-electron chi connectivity index (χ2n) is 9.67. The minimum absolute atomic E-state index is 0.0323. The highest BCUT2D eigenvalue weighted by atomic mass is 32.1. The first-order chi connectivity index (χ1) is 15.4. The molecule has 0 bridgehead atoms. The average Bonchev–Trinajstić information content (AvgIpc) is 3.17. The van der Waals surface area contributed by atoms with Crippen molar-refractivity contribution >= 4 is 33.0 Å². The number of rotatable bonds is 5. The summed E-state index contributed by atoms with van der Waals surface area (Å²) in [5.41, 5.74) is 3.46. The Morgan fingerprint density at radius 2 is 1.94 bits per heavy atom. The Morgan fingerprint density at radius 1 is 1.12 bits per heavy atom. The van der Waals surface area contributed by atoms with Crippen LogP contribution in [0.4, 0.5) is 5.00 Å². The Hall–Kier alpha value is -2.53. The van der Waals surface area contributed by atoms with Gasteiger partial charge in [-0.2, -0.15) is 0 Å². The van der Waals surface area contributed by atoms with Gasteiger partial charge in [-0.1, -0.05) is 57.5 Å². The first kappa shape index (κ1) is 21.3. The summed E-state index contributed by atoms with van der Waals surface area (Å²) >= 11 is 1.78. The molecule has 0 radical (unpaired) electrons. The van der Waals surface area contributed by atoms with Gasteiger partial charge in [-0.05, 0) is 59.9 Å². The summed E-state index contributed by atoms with van der Waals surface area (Å²) in [7, 11) is 0. The van der Waals surface area contributed by atoms with E-state index in [2.05, 4.69) is 49.6 Å². The van der Waals surface area contributed by atoms with Crippen molar-refractivity contribution in [1.29, 1.82) is 0 Å². The van der Waals surface area contributed by atoms with Gasteiger partial charge in [0.15, 0.2) is 0 Å². The quantitative estimate of drug-likeness (QED) is 0.457. The van der Waals surface area contributed by atoms with E-state index in [4.69, 9.17) is 4.74 Å². The van der Waals surface area contributed by atoms with Gasteiger partial charge < -0.3 is 15.4 Å². The Morgan fingerprint density at radius 3 is 2.72 bits per heavy atom. The van der Waals surface area contributed by atoms with Gasteiger partial charge in [0.05, 0.1) is 12.2 Å². The van der Waals surface area contributed by atoms with Crippen LogP contribution in [0.5, 0.6) is 5.75 Å². The number of thiophene rings is 1. The summed E-state index contributed by atoms with van der Waals surface area (Å²) in [5, 5.41) is 10.2. The Balaban J connectivity index is 1.53. The van der Waals surface area contributed by atoms with Crippen molar-refractivity contribution < 1.29 is 9.53 Å². The van der Waals surface area contributed by atoms with Crippen LogP contribution in [0.25, 0.3) is 10.8 Å². The molecule has 2 N–H and O–H groups in total. The van der Waals surface area contributed by atoms with E-state index in [0.29, 0.717) is 17.9 Å². The molecule has 3 aromatic rings. The maximum Gasteiger partial charge on any atom is 0.256 e. The van der Waals surface area contributed by atoms with Crippen LogP contribution in [0, 0.1) is 11.3 Å². The van der Waals surface area contributed by atoms with Crippen LogP contribution in [-0.2, 0) is 12.8 Å². The van der Waals surface area contributed by atoms with Crippen molar-refractivity contribution in [2.24, 2.45) is 11.3 Å². The first-order valence-corrected chi connectivity index (χ1v) is 12.6. The highest BCUT2D eigenvalue weighted by Crippen LogP contribution is 2.47. The molecule has 0 unspecified atom stereocenters. The first-order valence-electron chi connectivity index (χ1n) is 11.8. The lowest BCUT2D eigenvalue weighted by molar-refractivity contribution is 0.0934. The molecular weight excluding hydrogens is 416 g/mol. The summed E-state index contributed by atoms with van der Waals surface area (Å²) in [6.07, 6.45) is 4.09. The van der Waals surface area contributed by atoms with Crippen LogP contribution < -0.4 is 15.4 Å². The van der Waals surface area contributed by atoms with E-state index in [9.17, 15) is 4.79 Å². The molecule has 0 spiro atoms. The van der Waals surface area contributed by atoms with E-state index >= 15 is 0 Å². The van der Waals surface area contributed by atoms with Gasteiger partial charge in [0, 0.05) is 10.4 Å². The number of carbonyl (C=O) groups is 1. The minimum atomic E-state index is -0.314. The van der Waals surface area contributed by atoms with Crippen molar-refractivity contribution in [3.8, 4) is 5.75 Å². The van der Waals surface area contributed by atoms with Crippen LogP contribution >= 0.6 is 11.3 Å². The SMILES string of the molecule is CCOc1ccc2ccccc2c1[C@@H]1NC(=O)c2c(sc3c2CC[C@@H](C(C)(C)CC)C3)N1. The molecule has 1 aromatic heterocycles.